The van der Waals surface area contributed by atoms with Gasteiger partial charge in [0.15, 0.2) is 5.11 Å². The summed E-state index contributed by atoms with van der Waals surface area (Å²) in [6.07, 6.45) is 4.28. The minimum Gasteiger partial charge on any atom is -0.376 e. The molecule has 32 heavy (non-hydrogen) atoms. The predicted octanol–water partition coefficient (Wildman–Crippen LogP) is 4.95. The molecule has 0 unspecified atom stereocenters. The number of thiocarbonyl (C=S) groups is 1. The maximum atomic E-state index is 5.98. The van der Waals surface area contributed by atoms with E-state index in [2.05, 4.69) is 76.9 Å². The van der Waals surface area contributed by atoms with E-state index in [1.165, 1.54) is 28.2 Å². The number of hydrogen-bond acceptors (Lipinski definition) is 3. The highest BCUT2D eigenvalue weighted by molar-refractivity contribution is 7.80. The molecule has 2 fully saturated rings. The summed E-state index contributed by atoms with van der Waals surface area (Å²) in [7, 11) is 0. The Morgan fingerprint density at radius 1 is 1.12 bits per heavy atom. The number of ether oxygens (including phenoxy) is 1. The minimum atomic E-state index is -0.00318. The van der Waals surface area contributed by atoms with E-state index in [4.69, 9.17) is 17.0 Å². The first-order valence-corrected chi connectivity index (χ1v) is 11.8. The average molecular weight is 447 g/mol. The van der Waals surface area contributed by atoms with Crippen molar-refractivity contribution in [2.45, 2.75) is 51.8 Å². The van der Waals surface area contributed by atoms with Crippen molar-refractivity contribution in [2.75, 3.05) is 13.2 Å². The summed E-state index contributed by atoms with van der Waals surface area (Å²) in [5, 5.41) is 4.36. The van der Waals surface area contributed by atoms with Crippen molar-refractivity contribution in [2.24, 2.45) is 0 Å². The van der Waals surface area contributed by atoms with Gasteiger partial charge in [-0.2, -0.15) is 0 Å². The SMILES string of the molecule is Cc1cccc(-n2c(C)cc([C@@H]3[C@H](c4ccccn4)NC(=S)N3C[C@@H]3CCCO3)c2C)c1. The predicted molar refractivity (Wildman–Crippen MR) is 131 cm³/mol. The Kier molecular flexibility index (Phi) is 5.74. The Balaban J connectivity index is 1.59. The molecular weight excluding hydrogens is 416 g/mol. The lowest BCUT2D eigenvalue weighted by atomic mass is 9.96. The Hall–Kier alpha value is -2.70. The molecule has 1 aromatic carbocycles. The van der Waals surface area contributed by atoms with Crippen LogP contribution in [0.25, 0.3) is 5.69 Å². The van der Waals surface area contributed by atoms with E-state index >= 15 is 0 Å². The van der Waals surface area contributed by atoms with Crippen molar-refractivity contribution in [3.8, 4) is 5.69 Å². The van der Waals surface area contributed by atoms with Gasteiger partial charge in [0.1, 0.15) is 0 Å². The molecule has 5 nitrogen and oxygen atoms in total. The lowest BCUT2D eigenvalue weighted by molar-refractivity contribution is 0.0842. The molecule has 3 atom stereocenters. The third-order valence-electron chi connectivity index (χ3n) is 6.67. The monoisotopic (exact) mass is 446 g/mol. The van der Waals surface area contributed by atoms with Crippen LogP contribution >= 0.6 is 12.2 Å². The van der Waals surface area contributed by atoms with Crippen LogP contribution in [0.3, 0.4) is 0 Å². The fraction of sp³-hybridized carbons (Fsp3) is 0.385. The lowest BCUT2D eigenvalue weighted by Crippen LogP contribution is -2.36. The van der Waals surface area contributed by atoms with E-state index in [-0.39, 0.29) is 18.2 Å². The number of pyridine rings is 1. The van der Waals surface area contributed by atoms with Crippen molar-refractivity contribution < 1.29 is 4.74 Å². The van der Waals surface area contributed by atoms with Gasteiger partial charge in [-0.05, 0) is 87.3 Å². The van der Waals surface area contributed by atoms with Gasteiger partial charge in [0.05, 0.1) is 23.9 Å². The molecule has 2 aromatic heterocycles. The molecule has 0 amide bonds. The molecule has 1 N–H and O–H groups in total. The first-order chi connectivity index (χ1) is 15.5. The highest BCUT2D eigenvalue weighted by Gasteiger charge is 2.42. The van der Waals surface area contributed by atoms with Gasteiger partial charge in [0, 0.05) is 36.4 Å². The minimum absolute atomic E-state index is 0.00318. The number of nitrogens with one attached hydrogen (secondary N) is 1. The molecule has 2 aliphatic heterocycles. The van der Waals surface area contributed by atoms with Crippen molar-refractivity contribution >= 4 is 17.3 Å². The van der Waals surface area contributed by atoms with Crippen LogP contribution in [0.15, 0.2) is 54.7 Å². The van der Waals surface area contributed by atoms with Crippen LogP contribution < -0.4 is 5.32 Å². The van der Waals surface area contributed by atoms with Crippen molar-refractivity contribution in [1.29, 1.82) is 0 Å². The molecule has 4 heterocycles. The molecule has 0 bridgehead atoms. The van der Waals surface area contributed by atoms with Gasteiger partial charge in [-0.3, -0.25) is 4.98 Å². The van der Waals surface area contributed by atoms with Crippen molar-refractivity contribution in [3.63, 3.8) is 0 Å². The lowest BCUT2D eigenvalue weighted by Gasteiger charge is -2.30. The second kappa shape index (κ2) is 8.68. The second-order valence-electron chi connectivity index (χ2n) is 8.91. The van der Waals surface area contributed by atoms with Gasteiger partial charge < -0.3 is 19.5 Å². The third kappa shape index (κ3) is 3.82. The Morgan fingerprint density at radius 3 is 2.72 bits per heavy atom. The van der Waals surface area contributed by atoms with Gasteiger partial charge in [-0.1, -0.05) is 18.2 Å². The van der Waals surface area contributed by atoms with E-state index in [0.717, 1.165) is 36.8 Å². The topological polar surface area (TPSA) is 42.3 Å². The zero-order chi connectivity index (χ0) is 22.2. The quantitative estimate of drug-likeness (QED) is 0.562. The van der Waals surface area contributed by atoms with Gasteiger partial charge >= 0.3 is 0 Å². The molecule has 0 radical (unpaired) electrons. The van der Waals surface area contributed by atoms with Crippen LogP contribution in [0.2, 0.25) is 0 Å². The zero-order valence-electron chi connectivity index (χ0n) is 18.9. The number of rotatable bonds is 5. The summed E-state index contributed by atoms with van der Waals surface area (Å²) in [6, 6.07) is 17.1. The number of aryl methyl sites for hydroxylation is 2. The molecular formula is C26H30N4OS. The standard InChI is InChI=1S/C26H30N4OS/c1-17-8-6-9-20(14-17)30-18(2)15-22(19(30)3)25-24(23-11-4-5-12-27-23)28-26(32)29(25)16-21-10-7-13-31-21/h4-6,8-9,11-12,14-15,21,24-25H,7,10,13,16H2,1-3H3,(H,28,32)/t21-,24-,25+/m0/s1. The molecule has 2 saturated heterocycles. The first kappa shape index (κ1) is 21.2. The third-order valence-corrected chi connectivity index (χ3v) is 7.02. The highest BCUT2D eigenvalue weighted by Crippen LogP contribution is 2.42. The first-order valence-electron chi connectivity index (χ1n) is 11.4. The average Bonchev–Trinajstić information content (AvgIpc) is 3.48. The highest BCUT2D eigenvalue weighted by atomic mass is 32.1. The van der Waals surface area contributed by atoms with Gasteiger partial charge in [0.2, 0.25) is 0 Å². The van der Waals surface area contributed by atoms with Crippen LogP contribution in [0.1, 0.15) is 53.1 Å². The maximum absolute atomic E-state index is 5.98. The number of aromatic nitrogens is 2. The molecule has 6 heteroatoms. The Morgan fingerprint density at radius 2 is 2.00 bits per heavy atom. The number of benzene rings is 1. The Labute approximate surface area is 195 Å². The van der Waals surface area contributed by atoms with Crippen LogP contribution in [0.4, 0.5) is 0 Å². The normalized spacial score (nSPS) is 23.0. The smallest absolute Gasteiger partial charge is 0.170 e. The van der Waals surface area contributed by atoms with E-state index in [1.807, 2.05) is 18.3 Å². The summed E-state index contributed by atoms with van der Waals surface area (Å²) in [5.74, 6) is 0. The fourth-order valence-corrected chi connectivity index (χ4v) is 5.51. The van der Waals surface area contributed by atoms with Crippen LogP contribution in [-0.2, 0) is 4.74 Å². The summed E-state index contributed by atoms with van der Waals surface area (Å²) in [5.41, 5.74) is 7.20. The molecule has 2 aliphatic rings. The van der Waals surface area contributed by atoms with Crippen LogP contribution in [0.5, 0.6) is 0 Å². The zero-order valence-corrected chi connectivity index (χ0v) is 19.7. The second-order valence-corrected chi connectivity index (χ2v) is 9.30. The number of hydrogen-bond donors (Lipinski definition) is 1. The summed E-state index contributed by atoms with van der Waals surface area (Å²) < 4.78 is 8.33. The molecule has 0 aliphatic carbocycles. The van der Waals surface area contributed by atoms with Gasteiger partial charge in [-0.25, -0.2) is 0 Å². The molecule has 3 aromatic rings. The molecule has 166 valence electrons. The summed E-state index contributed by atoms with van der Waals surface area (Å²) in [6.45, 7) is 8.17. The summed E-state index contributed by atoms with van der Waals surface area (Å²) in [4.78, 5) is 7.01. The van der Waals surface area contributed by atoms with Crippen molar-refractivity contribution in [3.05, 3.63) is 82.9 Å². The Bertz CT molecular complexity index is 1120. The molecule has 0 spiro atoms. The van der Waals surface area contributed by atoms with E-state index < -0.39 is 0 Å². The maximum Gasteiger partial charge on any atom is 0.170 e. The summed E-state index contributed by atoms with van der Waals surface area (Å²) >= 11 is 5.85. The largest absolute Gasteiger partial charge is 0.376 e. The molecule has 5 rings (SSSR count). The van der Waals surface area contributed by atoms with Gasteiger partial charge in [0.25, 0.3) is 0 Å². The van der Waals surface area contributed by atoms with Crippen LogP contribution in [0, 0.1) is 20.8 Å². The van der Waals surface area contributed by atoms with Gasteiger partial charge in [-0.15, -0.1) is 0 Å². The van der Waals surface area contributed by atoms with Crippen molar-refractivity contribution in [1.82, 2.24) is 19.8 Å². The van der Waals surface area contributed by atoms with Crippen LogP contribution in [-0.4, -0.2) is 38.8 Å². The fourth-order valence-electron chi connectivity index (χ4n) is 5.20. The number of nitrogens with zero attached hydrogens (tertiary/aromatic N) is 3. The van der Waals surface area contributed by atoms with E-state index in [0.29, 0.717) is 0 Å². The molecule has 0 saturated carbocycles. The van der Waals surface area contributed by atoms with E-state index in [9.17, 15) is 0 Å². The van der Waals surface area contributed by atoms with E-state index in [1.54, 1.807) is 0 Å².